The summed E-state index contributed by atoms with van der Waals surface area (Å²) in [5, 5.41) is 0. The molecule has 3 rings (SSSR count). The first kappa shape index (κ1) is 14.7. The molecule has 2 atom stereocenters. The first-order chi connectivity index (χ1) is 9.78. The van der Waals surface area contributed by atoms with Crippen LogP contribution in [0.1, 0.15) is 40.9 Å². The SMILES string of the molecule is CCCCC1=C[CH]([Zr+2][CH]2C=Cc3c(Br)cccc32)C=C1. The third-order valence-corrected chi connectivity index (χ3v) is 8.62. The van der Waals surface area contributed by atoms with Crippen LogP contribution in [-0.4, -0.2) is 0 Å². The van der Waals surface area contributed by atoms with Crippen LogP contribution < -0.4 is 0 Å². The van der Waals surface area contributed by atoms with E-state index in [-0.39, 0.29) is 0 Å². The van der Waals surface area contributed by atoms with Gasteiger partial charge in [0.25, 0.3) is 0 Å². The molecule has 0 saturated heterocycles. The van der Waals surface area contributed by atoms with Crippen LogP contribution in [0.3, 0.4) is 0 Å². The quantitative estimate of drug-likeness (QED) is 0.556. The third kappa shape index (κ3) is 3.17. The molecule has 0 bridgehead atoms. The van der Waals surface area contributed by atoms with Crippen molar-refractivity contribution in [1.29, 1.82) is 0 Å². The van der Waals surface area contributed by atoms with Gasteiger partial charge in [0.2, 0.25) is 0 Å². The molecule has 0 aromatic heterocycles. The first-order valence-corrected chi connectivity index (χ1v) is 11.0. The van der Waals surface area contributed by atoms with E-state index in [1.165, 1.54) is 29.3 Å². The number of halogens is 1. The molecular formula is C18H19BrZr+2. The Morgan fingerprint density at radius 2 is 2.10 bits per heavy atom. The molecule has 0 nitrogen and oxygen atoms in total. The van der Waals surface area contributed by atoms with Crippen LogP contribution in [0.25, 0.3) is 6.08 Å². The molecule has 0 amide bonds. The minimum atomic E-state index is -0.497. The summed E-state index contributed by atoms with van der Waals surface area (Å²) in [5.74, 6) is 0. The van der Waals surface area contributed by atoms with Gasteiger partial charge in [-0.25, -0.2) is 0 Å². The molecule has 0 N–H and O–H groups in total. The Kier molecular flexibility index (Phi) is 4.94. The molecule has 2 unspecified atom stereocenters. The maximum absolute atomic E-state index is 3.67. The molecule has 1 aromatic carbocycles. The predicted octanol–water partition coefficient (Wildman–Crippen LogP) is 6.07. The van der Waals surface area contributed by atoms with Gasteiger partial charge in [-0.05, 0) is 0 Å². The van der Waals surface area contributed by atoms with Crippen LogP contribution in [0, 0.1) is 0 Å². The standard InChI is InChI=1S/C9H6Br.C9H13.Zr/c10-9-6-2-4-7-3-1-5-8(7)9;1-2-3-6-9-7-4-5-8-9;/h1-6H;4-5,7-8H,2-3,6H2,1H3;/q;;+2. The zero-order valence-corrected chi connectivity index (χ0v) is 15.8. The number of hydrogen-bond donors (Lipinski definition) is 0. The summed E-state index contributed by atoms with van der Waals surface area (Å²) in [4.78, 5) is 0. The Morgan fingerprint density at radius 1 is 1.20 bits per heavy atom. The molecule has 1 aromatic rings. The Morgan fingerprint density at radius 3 is 2.95 bits per heavy atom. The van der Waals surface area contributed by atoms with Gasteiger partial charge in [0.05, 0.1) is 0 Å². The van der Waals surface area contributed by atoms with E-state index in [4.69, 9.17) is 0 Å². The van der Waals surface area contributed by atoms with Crippen molar-refractivity contribution in [1.82, 2.24) is 0 Å². The summed E-state index contributed by atoms with van der Waals surface area (Å²) < 4.78 is 2.77. The van der Waals surface area contributed by atoms with Gasteiger partial charge in [0.15, 0.2) is 0 Å². The number of hydrogen-bond acceptors (Lipinski definition) is 0. The van der Waals surface area contributed by atoms with Gasteiger partial charge < -0.3 is 0 Å². The zero-order chi connectivity index (χ0) is 13.9. The van der Waals surface area contributed by atoms with Gasteiger partial charge in [-0.3, -0.25) is 0 Å². The molecule has 100 valence electrons. The molecule has 2 heteroatoms. The van der Waals surface area contributed by atoms with E-state index in [0.29, 0.717) is 0 Å². The monoisotopic (exact) mass is 404 g/mol. The Balaban J connectivity index is 1.67. The molecule has 0 saturated carbocycles. The van der Waals surface area contributed by atoms with Crippen LogP contribution in [0.15, 0.2) is 52.5 Å². The molecule has 2 aliphatic carbocycles. The van der Waals surface area contributed by atoms with Gasteiger partial charge in [0, 0.05) is 0 Å². The summed E-state index contributed by atoms with van der Waals surface area (Å²) in [6.07, 6.45) is 16.0. The molecule has 0 spiro atoms. The Labute approximate surface area is 141 Å². The Hall–Kier alpha value is -0.197. The summed E-state index contributed by atoms with van der Waals surface area (Å²) in [5.41, 5.74) is 4.54. The second-order valence-electron chi connectivity index (χ2n) is 5.48. The molecule has 20 heavy (non-hydrogen) atoms. The number of unbranched alkanes of at least 4 members (excludes halogenated alkanes) is 1. The van der Waals surface area contributed by atoms with Gasteiger partial charge >= 0.3 is 142 Å². The van der Waals surface area contributed by atoms with Crippen LogP contribution in [0.4, 0.5) is 0 Å². The summed E-state index contributed by atoms with van der Waals surface area (Å²) in [6.45, 7) is 2.27. The van der Waals surface area contributed by atoms with Crippen LogP contribution in [0.2, 0.25) is 3.63 Å². The van der Waals surface area contributed by atoms with Crippen LogP contribution >= 0.6 is 15.9 Å². The van der Waals surface area contributed by atoms with Gasteiger partial charge in [-0.1, -0.05) is 0 Å². The summed E-state index contributed by atoms with van der Waals surface area (Å²) in [7, 11) is 0. The van der Waals surface area contributed by atoms with E-state index in [9.17, 15) is 0 Å². The van der Waals surface area contributed by atoms with Crippen LogP contribution in [-0.2, 0) is 23.2 Å². The van der Waals surface area contributed by atoms with E-state index < -0.39 is 23.2 Å². The van der Waals surface area contributed by atoms with Crippen molar-refractivity contribution in [3.63, 3.8) is 0 Å². The molecule has 0 aliphatic heterocycles. The van der Waals surface area contributed by atoms with Crippen molar-refractivity contribution >= 4 is 22.0 Å². The average molecular weight is 406 g/mol. The second-order valence-corrected chi connectivity index (χ2v) is 10.3. The molecule has 0 radical (unpaired) electrons. The fourth-order valence-corrected chi connectivity index (χ4v) is 7.24. The molecule has 2 aliphatic rings. The van der Waals surface area contributed by atoms with Gasteiger partial charge in [-0.2, -0.15) is 0 Å². The molecular weight excluding hydrogens is 387 g/mol. The summed E-state index contributed by atoms with van der Waals surface area (Å²) in [6, 6.07) is 6.64. The topological polar surface area (TPSA) is 0 Å². The van der Waals surface area contributed by atoms with Crippen molar-refractivity contribution in [2.45, 2.75) is 33.4 Å². The van der Waals surface area contributed by atoms with Crippen molar-refractivity contribution in [3.05, 3.63) is 63.7 Å². The van der Waals surface area contributed by atoms with Gasteiger partial charge in [0.1, 0.15) is 0 Å². The summed E-state index contributed by atoms with van der Waals surface area (Å²) >= 11 is 3.17. The van der Waals surface area contributed by atoms with Crippen molar-refractivity contribution in [2.75, 3.05) is 0 Å². The number of rotatable bonds is 5. The average Bonchev–Trinajstić information content (AvgIpc) is 3.06. The van der Waals surface area contributed by atoms with E-state index in [2.05, 4.69) is 71.4 Å². The van der Waals surface area contributed by atoms with Crippen molar-refractivity contribution in [2.24, 2.45) is 0 Å². The zero-order valence-electron chi connectivity index (χ0n) is 11.8. The minimum absolute atomic E-state index is 0.497. The molecule has 0 heterocycles. The van der Waals surface area contributed by atoms with E-state index in [0.717, 1.165) is 7.25 Å². The second kappa shape index (κ2) is 6.71. The number of fused-ring (bicyclic) bond motifs is 1. The van der Waals surface area contributed by atoms with E-state index in [1.807, 2.05) is 0 Å². The maximum atomic E-state index is 3.67. The van der Waals surface area contributed by atoms with Crippen molar-refractivity contribution < 1.29 is 23.2 Å². The van der Waals surface area contributed by atoms with E-state index in [1.54, 1.807) is 11.1 Å². The normalized spacial score (nSPS) is 22.8. The number of benzene rings is 1. The van der Waals surface area contributed by atoms with E-state index >= 15 is 0 Å². The van der Waals surface area contributed by atoms with Crippen LogP contribution in [0.5, 0.6) is 0 Å². The Bertz CT molecular complexity index is 583. The van der Waals surface area contributed by atoms with Gasteiger partial charge in [-0.15, -0.1) is 0 Å². The fraction of sp³-hybridized carbons (Fsp3) is 0.333. The predicted molar refractivity (Wildman–Crippen MR) is 86.4 cm³/mol. The molecule has 0 fully saturated rings. The number of allylic oxidation sites excluding steroid dienone is 5. The van der Waals surface area contributed by atoms with Crippen molar-refractivity contribution in [3.8, 4) is 0 Å². The fourth-order valence-electron chi connectivity index (χ4n) is 2.87. The third-order valence-electron chi connectivity index (χ3n) is 3.98. The first-order valence-electron chi connectivity index (χ1n) is 7.39.